The first kappa shape index (κ1) is 24.2. The van der Waals surface area contributed by atoms with Gasteiger partial charge >= 0.3 is 0 Å². The molecule has 1 saturated carbocycles. The molecule has 5 heterocycles. The third kappa shape index (κ3) is 3.09. The number of likely N-dealkylation sites (N-methyl/N-ethyl adjacent to an activating group) is 1. The molecule has 0 aromatic heterocycles. The molecule has 4 saturated heterocycles. The molecule has 1 aliphatic carbocycles. The van der Waals surface area contributed by atoms with E-state index in [4.69, 9.17) is 0 Å². The standard InChI is InChI=1S/C31H49N2O2/c1-4-6-7-8-9-10-11-12-15-18-33-25-19-22(21(5-2)30(33)35)27-26(33)20-31(29(27)34)23-16-13-14-17-24(23)32(3)28(25)31/h13-14,16-17,21-22,25-30,34-35H,4-12,15,18-20H2,1-3H3/q+1. The van der Waals surface area contributed by atoms with E-state index in [0.717, 1.165) is 23.9 Å². The monoisotopic (exact) mass is 481 g/mol. The lowest BCUT2D eigenvalue weighted by Crippen LogP contribution is -2.83. The Kier molecular flexibility index (Phi) is 6.25. The largest absolute Gasteiger partial charge is 0.392 e. The number of aliphatic hydroxyl groups is 2. The summed E-state index contributed by atoms with van der Waals surface area (Å²) in [6.07, 6.45) is 14.9. The SMILES string of the molecule is CCCCCCCCCCC[N+]12C(O)C(CC)C3CC1C1N(C)c4ccccc4C14CC2C3C4O. The van der Waals surface area contributed by atoms with Gasteiger partial charge in [-0.3, -0.25) is 4.48 Å². The van der Waals surface area contributed by atoms with Crippen molar-refractivity contribution in [2.45, 2.75) is 127 Å². The van der Waals surface area contributed by atoms with E-state index >= 15 is 0 Å². The Balaban J connectivity index is 1.26. The van der Waals surface area contributed by atoms with Gasteiger partial charge in [-0.15, -0.1) is 0 Å². The van der Waals surface area contributed by atoms with E-state index in [0.29, 0.717) is 35.9 Å². The van der Waals surface area contributed by atoms with Gasteiger partial charge < -0.3 is 15.1 Å². The van der Waals surface area contributed by atoms with Crippen LogP contribution >= 0.6 is 0 Å². The van der Waals surface area contributed by atoms with Gasteiger partial charge in [0.2, 0.25) is 0 Å². The summed E-state index contributed by atoms with van der Waals surface area (Å²) in [5, 5.41) is 24.2. The van der Waals surface area contributed by atoms with Crippen molar-refractivity contribution in [3.8, 4) is 0 Å². The van der Waals surface area contributed by atoms with E-state index in [9.17, 15) is 10.2 Å². The number of quaternary nitrogens is 1. The zero-order chi connectivity index (χ0) is 24.4. The van der Waals surface area contributed by atoms with Crippen molar-refractivity contribution < 1.29 is 14.7 Å². The van der Waals surface area contributed by atoms with Crippen LogP contribution in [0.2, 0.25) is 0 Å². The zero-order valence-electron chi connectivity index (χ0n) is 22.4. The molecular weight excluding hydrogens is 432 g/mol. The third-order valence-corrected chi connectivity index (χ3v) is 11.8. The van der Waals surface area contributed by atoms with E-state index < -0.39 is 0 Å². The first-order valence-electron chi connectivity index (χ1n) is 15.1. The van der Waals surface area contributed by atoms with Crippen LogP contribution in [0, 0.1) is 17.8 Å². The lowest BCUT2D eigenvalue weighted by atomic mass is 9.60. The summed E-state index contributed by atoms with van der Waals surface area (Å²) < 4.78 is 0.901. The first-order valence-corrected chi connectivity index (χ1v) is 15.1. The topological polar surface area (TPSA) is 43.7 Å². The van der Waals surface area contributed by atoms with E-state index in [1.165, 1.54) is 75.5 Å². The summed E-state index contributed by atoms with van der Waals surface area (Å²) in [6.45, 7) is 5.66. The smallest absolute Gasteiger partial charge is 0.194 e. The van der Waals surface area contributed by atoms with Crippen molar-refractivity contribution in [1.29, 1.82) is 0 Å². The number of piperidine rings is 4. The number of unbranched alkanes of at least 4 members (excludes halogenated alkanes) is 8. The second-order valence-electron chi connectivity index (χ2n) is 12.9. The van der Waals surface area contributed by atoms with E-state index in [-0.39, 0.29) is 17.7 Å². The highest BCUT2D eigenvalue weighted by Gasteiger charge is 2.82. The molecule has 0 amide bonds. The third-order valence-electron chi connectivity index (χ3n) is 11.8. The number of aliphatic hydroxyl groups excluding tert-OH is 2. The molecule has 6 aliphatic rings. The average Bonchev–Trinajstić information content (AvgIpc) is 3.26. The van der Waals surface area contributed by atoms with Gasteiger partial charge in [-0.1, -0.05) is 77.0 Å². The predicted molar refractivity (Wildman–Crippen MR) is 142 cm³/mol. The zero-order valence-corrected chi connectivity index (χ0v) is 22.4. The maximum absolute atomic E-state index is 12.2. The fourth-order valence-corrected chi connectivity index (χ4v) is 10.5. The highest BCUT2D eigenvalue weighted by Crippen LogP contribution is 2.71. The van der Waals surface area contributed by atoms with Crippen LogP contribution in [0.3, 0.4) is 0 Å². The number of anilines is 1. The van der Waals surface area contributed by atoms with E-state index in [2.05, 4.69) is 50.1 Å². The molecule has 5 aliphatic heterocycles. The van der Waals surface area contributed by atoms with Crippen LogP contribution in [0.5, 0.6) is 0 Å². The Morgan fingerprint density at radius 3 is 2.34 bits per heavy atom. The number of hydrogen-bond donors (Lipinski definition) is 2. The lowest BCUT2D eigenvalue weighted by Gasteiger charge is -2.68. The molecule has 35 heavy (non-hydrogen) atoms. The molecule has 10 unspecified atom stereocenters. The Morgan fingerprint density at radius 2 is 1.63 bits per heavy atom. The number of fused-ring (bicyclic) bond motifs is 2. The molecule has 5 fully saturated rings. The highest BCUT2D eigenvalue weighted by molar-refractivity contribution is 5.66. The van der Waals surface area contributed by atoms with Crippen LogP contribution in [0.1, 0.15) is 96.5 Å². The number of nitrogens with zero attached hydrogens (tertiary/aromatic N) is 2. The number of rotatable bonds is 11. The van der Waals surface area contributed by atoms with Crippen molar-refractivity contribution in [3.63, 3.8) is 0 Å². The summed E-state index contributed by atoms with van der Waals surface area (Å²) >= 11 is 0. The van der Waals surface area contributed by atoms with Gasteiger partial charge in [-0.05, 0) is 36.8 Å². The summed E-state index contributed by atoms with van der Waals surface area (Å²) in [4.78, 5) is 2.52. The molecule has 0 radical (unpaired) electrons. The Morgan fingerprint density at radius 1 is 0.943 bits per heavy atom. The van der Waals surface area contributed by atoms with Crippen molar-refractivity contribution >= 4 is 5.69 Å². The quantitative estimate of drug-likeness (QED) is 0.319. The highest BCUT2D eigenvalue weighted by atomic mass is 16.3. The molecule has 1 aromatic rings. The predicted octanol–water partition coefficient (Wildman–Crippen LogP) is 5.60. The number of hydrogen-bond acceptors (Lipinski definition) is 3. The molecule has 7 rings (SSSR count). The maximum atomic E-state index is 12.2. The minimum Gasteiger partial charge on any atom is -0.392 e. The van der Waals surface area contributed by atoms with Crippen molar-refractivity contribution in [3.05, 3.63) is 29.8 Å². The maximum Gasteiger partial charge on any atom is 0.194 e. The summed E-state index contributed by atoms with van der Waals surface area (Å²) in [6, 6.07) is 10.1. The van der Waals surface area contributed by atoms with Crippen LogP contribution < -0.4 is 4.90 Å². The second-order valence-corrected chi connectivity index (χ2v) is 12.9. The van der Waals surface area contributed by atoms with Crippen molar-refractivity contribution in [1.82, 2.24) is 0 Å². The molecule has 1 spiro atoms. The van der Waals surface area contributed by atoms with Gasteiger partial charge in [-0.25, -0.2) is 0 Å². The average molecular weight is 482 g/mol. The van der Waals surface area contributed by atoms with Gasteiger partial charge in [0, 0.05) is 37.4 Å². The van der Waals surface area contributed by atoms with Gasteiger partial charge in [0.1, 0.15) is 6.04 Å². The van der Waals surface area contributed by atoms with E-state index in [1.807, 2.05) is 0 Å². The summed E-state index contributed by atoms with van der Waals surface area (Å²) in [7, 11) is 2.27. The molecule has 4 heteroatoms. The minimum absolute atomic E-state index is 0.136. The fraction of sp³-hybridized carbons (Fsp3) is 0.806. The van der Waals surface area contributed by atoms with Crippen molar-refractivity contribution in [2.24, 2.45) is 17.8 Å². The second kappa shape index (κ2) is 9.03. The Bertz CT molecular complexity index is 921. The summed E-state index contributed by atoms with van der Waals surface area (Å²) in [5.74, 6) is 1.17. The molecule has 10 atom stereocenters. The Labute approximate surface area is 213 Å². The van der Waals surface area contributed by atoms with E-state index in [1.54, 1.807) is 0 Å². The van der Waals surface area contributed by atoms with Crippen LogP contribution in [0.4, 0.5) is 5.69 Å². The molecular formula is C31H49N2O2+. The molecule has 1 aromatic carbocycles. The fourth-order valence-electron chi connectivity index (χ4n) is 10.5. The molecule has 4 nitrogen and oxygen atoms in total. The lowest BCUT2D eigenvalue weighted by molar-refractivity contribution is -1.04. The Hall–Kier alpha value is -1.10. The van der Waals surface area contributed by atoms with Crippen molar-refractivity contribution in [2.75, 3.05) is 18.5 Å². The van der Waals surface area contributed by atoms with Crippen LogP contribution in [0.15, 0.2) is 24.3 Å². The van der Waals surface area contributed by atoms with Gasteiger partial charge in [0.25, 0.3) is 0 Å². The number of para-hydroxylation sites is 1. The van der Waals surface area contributed by atoms with Crippen LogP contribution in [0.25, 0.3) is 0 Å². The van der Waals surface area contributed by atoms with Crippen LogP contribution in [-0.4, -0.2) is 58.7 Å². The number of benzene rings is 1. The minimum atomic E-state index is -0.275. The normalized spacial score (nSPS) is 44.2. The van der Waals surface area contributed by atoms with Gasteiger partial charge in [-0.2, -0.15) is 0 Å². The molecule has 2 N–H and O–H groups in total. The van der Waals surface area contributed by atoms with Gasteiger partial charge in [0.15, 0.2) is 6.23 Å². The summed E-state index contributed by atoms with van der Waals surface area (Å²) in [5.41, 5.74) is 2.58. The van der Waals surface area contributed by atoms with Crippen LogP contribution in [-0.2, 0) is 5.41 Å². The molecule has 194 valence electrons. The molecule has 5 bridgehead atoms. The van der Waals surface area contributed by atoms with Gasteiger partial charge in [0.05, 0.1) is 30.1 Å². The first-order chi connectivity index (χ1) is 17.0.